The minimum absolute atomic E-state index is 0.189. The summed E-state index contributed by atoms with van der Waals surface area (Å²) in [7, 11) is 0. The number of piperidine rings is 1. The number of likely N-dealkylation sites (tertiary alicyclic amines) is 1. The third-order valence-corrected chi connectivity index (χ3v) is 3.93. The average molecular weight is 302 g/mol. The lowest BCUT2D eigenvalue weighted by Gasteiger charge is -2.32. The Balaban J connectivity index is 1.88. The zero-order valence-electron chi connectivity index (χ0n) is 11.0. The first-order valence-electron chi connectivity index (χ1n) is 6.54. The first-order valence-corrected chi connectivity index (χ1v) is 6.95. The van der Waals surface area contributed by atoms with Gasteiger partial charge in [0.15, 0.2) is 0 Å². The molecular formula is C14H17F3N2S. The van der Waals surface area contributed by atoms with Crippen molar-refractivity contribution in [3.05, 3.63) is 35.4 Å². The average Bonchev–Trinajstić information content (AvgIpc) is 2.39. The van der Waals surface area contributed by atoms with E-state index in [1.807, 2.05) is 24.3 Å². The van der Waals surface area contributed by atoms with Gasteiger partial charge in [0.2, 0.25) is 0 Å². The highest BCUT2D eigenvalue weighted by Crippen LogP contribution is 2.34. The third-order valence-electron chi connectivity index (χ3n) is 3.70. The molecule has 1 aromatic rings. The summed E-state index contributed by atoms with van der Waals surface area (Å²) in [6.45, 7) is 1.64. The highest BCUT2D eigenvalue weighted by molar-refractivity contribution is 7.80. The predicted octanol–water partition coefficient (Wildman–Crippen LogP) is 3.10. The van der Waals surface area contributed by atoms with Gasteiger partial charge in [-0.05, 0) is 31.5 Å². The summed E-state index contributed by atoms with van der Waals surface area (Å²) in [5.41, 5.74) is 7.39. The predicted molar refractivity (Wildman–Crippen MR) is 76.4 cm³/mol. The van der Waals surface area contributed by atoms with Gasteiger partial charge in [0.1, 0.15) is 4.99 Å². The molecule has 0 atom stereocenters. The second-order valence-electron chi connectivity index (χ2n) is 5.15. The van der Waals surface area contributed by atoms with Crippen molar-refractivity contribution < 1.29 is 13.2 Å². The maximum Gasteiger partial charge on any atom is 0.391 e. The van der Waals surface area contributed by atoms with Crippen molar-refractivity contribution in [2.45, 2.75) is 25.6 Å². The summed E-state index contributed by atoms with van der Waals surface area (Å²) >= 11 is 4.88. The highest BCUT2D eigenvalue weighted by atomic mass is 32.1. The van der Waals surface area contributed by atoms with Crippen LogP contribution >= 0.6 is 12.2 Å². The number of nitrogens with two attached hydrogens (primary N) is 1. The first-order chi connectivity index (χ1) is 9.36. The fraction of sp³-hybridized carbons (Fsp3) is 0.500. The Bertz CT molecular complexity index is 462. The van der Waals surface area contributed by atoms with E-state index in [9.17, 15) is 13.2 Å². The van der Waals surface area contributed by atoms with E-state index in [0.717, 1.165) is 11.1 Å². The summed E-state index contributed by atoms with van der Waals surface area (Å²) in [4.78, 5) is 2.40. The van der Waals surface area contributed by atoms with Gasteiger partial charge in [-0.15, -0.1) is 0 Å². The van der Waals surface area contributed by atoms with Gasteiger partial charge in [-0.3, -0.25) is 4.90 Å². The number of nitrogens with zero attached hydrogens (tertiary/aromatic N) is 1. The van der Waals surface area contributed by atoms with Crippen molar-refractivity contribution in [2.24, 2.45) is 11.7 Å². The van der Waals surface area contributed by atoms with Gasteiger partial charge in [0, 0.05) is 12.1 Å². The van der Waals surface area contributed by atoms with E-state index in [0.29, 0.717) is 24.6 Å². The Kier molecular flexibility index (Phi) is 4.65. The molecule has 1 saturated heterocycles. The van der Waals surface area contributed by atoms with Crippen LogP contribution in [-0.2, 0) is 6.54 Å². The second kappa shape index (κ2) is 6.10. The topological polar surface area (TPSA) is 29.3 Å². The van der Waals surface area contributed by atoms with Crippen LogP contribution in [0.4, 0.5) is 13.2 Å². The molecule has 0 amide bonds. The van der Waals surface area contributed by atoms with E-state index in [4.69, 9.17) is 18.0 Å². The molecule has 1 aliphatic heterocycles. The molecular weight excluding hydrogens is 285 g/mol. The van der Waals surface area contributed by atoms with Crippen LogP contribution in [0.25, 0.3) is 0 Å². The Morgan fingerprint density at radius 1 is 1.20 bits per heavy atom. The van der Waals surface area contributed by atoms with Crippen molar-refractivity contribution in [1.82, 2.24) is 4.90 Å². The molecule has 2 N–H and O–H groups in total. The van der Waals surface area contributed by atoms with E-state index in [1.165, 1.54) is 0 Å². The lowest BCUT2D eigenvalue weighted by atomic mass is 9.96. The first kappa shape index (κ1) is 15.3. The van der Waals surface area contributed by atoms with E-state index in [2.05, 4.69) is 4.90 Å². The van der Waals surface area contributed by atoms with Crippen molar-refractivity contribution in [1.29, 1.82) is 0 Å². The zero-order valence-corrected chi connectivity index (χ0v) is 11.8. The molecule has 1 aliphatic rings. The Labute approximate surface area is 121 Å². The van der Waals surface area contributed by atoms with Gasteiger partial charge in [-0.25, -0.2) is 0 Å². The number of hydrogen-bond acceptors (Lipinski definition) is 2. The Hall–Kier alpha value is -1.14. The summed E-state index contributed by atoms with van der Waals surface area (Å²) in [6.07, 6.45) is -3.67. The molecule has 6 heteroatoms. The van der Waals surface area contributed by atoms with Gasteiger partial charge in [-0.1, -0.05) is 36.5 Å². The molecule has 0 aliphatic carbocycles. The molecule has 0 unspecified atom stereocenters. The SMILES string of the molecule is NC(=S)c1ccc(CN2CCC(C(F)(F)F)CC2)cc1. The summed E-state index contributed by atoms with van der Waals surface area (Å²) in [6, 6.07) is 7.54. The number of alkyl halides is 3. The normalized spacial score (nSPS) is 18.1. The monoisotopic (exact) mass is 302 g/mol. The van der Waals surface area contributed by atoms with E-state index >= 15 is 0 Å². The zero-order chi connectivity index (χ0) is 14.8. The van der Waals surface area contributed by atoms with Crippen LogP contribution in [-0.4, -0.2) is 29.2 Å². The number of benzene rings is 1. The maximum absolute atomic E-state index is 12.6. The van der Waals surface area contributed by atoms with Crippen molar-refractivity contribution in [3.8, 4) is 0 Å². The van der Waals surface area contributed by atoms with Gasteiger partial charge in [-0.2, -0.15) is 13.2 Å². The van der Waals surface area contributed by atoms with E-state index < -0.39 is 12.1 Å². The smallest absolute Gasteiger partial charge is 0.389 e. The molecule has 20 heavy (non-hydrogen) atoms. The van der Waals surface area contributed by atoms with Crippen LogP contribution in [0.5, 0.6) is 0 Å². The summed E-state index contributed by atoms with van der Waals surface area (Å²) < 4.78 is 37.7. The molecule has 2 nitrogen and oxygen atoms in total. The Morgan fingerprint density at radius 2 is 1.75 bits per heavy atom. The number of halogens is 3. The van der Waals surface area contributed by atoms with Crippen molar-refractivity contribution in [2.75, 3.05) is 13.1 Å². The van der Waals surface area contributed by atoms with Crippen LogP contribution in [0.2, 0.25) is 0 Å². The molecule has 1 fully saturated rings. The third kappa shape index (κ3) is 3.93. The minimum Gasteiger partial charge on any atom is -0.389 e. The fourth-order valence-electron chi connectivity index (χ4n) is 2.45. The highest BCUT2D eigenvalue weighted by Gasteiger charge is 2.40. The molecule has 2 rings (SSSR count). The maximum atomic E-state index is 12.6. The molecule has 1 heterocycles. The van der Waals surface area contributed by atoms with Crippen LogP contribution in [0.15, 0.2) is 24.3 Å². The molecule has 0 radical (unpaired) electrons. The van der Waals surface area contributed by atoms with E-state index in [1.54, 1.807) is 0 Å². The lowest BCUT2D eigenvalue weighted by Crippen LogP contribution is -2.38. The standard InChI is InChI=1S/C14H17F3N2S/c15-14(16,17)12-5-7-19(8-6-12)9-10-1-3-11(4-2-10)13(18)20/h1-4,12H,5-9H2,(H2,18,20). The second-order valence-corrected chi connectivity index (χ2v) is 5.59. The van der Waals surface area contributed by atoms with Crippen LogP contribution < -0.4 is 5.73 Å². The van der Waals surface area contributed by atoms with Crippen LogP contribution in [0, 0.1) is 5.92 Å². The number of hydrogen-bond donors (Lipinski definition) is 1. The molecule has 1 aromatic carbocycles. The van der Waals surface area contributed by atoms with Gasteiger partial charge in [0.05, 0.1) is 5.92 Å². The van der Waals surface area contributed by atoms with E-state index in [-0.39, 0.29) is 12.8 Å². The number of rotatable bonds is 3. The van der Waals surface area contributed by atoms with Crippen molar-refractivity contribution in [3.63, 3.8) is 0 Å². The van der Waals surface area contributed by atoms with Crippen molar-refractivity contribution >= 4 is 17.2 Å². The number of thiocarbonyl (C=S) groups is 1. The fourth-order valence-corrected chi connectivity index (χ4v) is 2.59. The van der Waals surface area contributed by atoms with Gasteiger partial charge < -0.3 is 5.73 Å². The largest absolute Gasteiger partial charge is 0.391 e. The Morgan fingerprint density at radius 3 is 2.20 bits per heavy atom. The molecule has 0 bridgehead atoms. The quantitative estimate of drug-likeness (QED) is 0.870. The minimum atomic E-state index is -4.05. The molecule has 110 valence electrons. The van der Waals surface area contributed by atoms with Crippen LogP contribution in [0.3, 0.4) is 0 Å². The summed E-state index contributed by atoms with van der Waals surface area (Å²) in [5.74, 6) is -1.14. The van der Waals surface area contributed by atoms with Gasteiger partial charge >= 0.3 is 6.18 Å². The van der Waals surface area contributed by atoms with Gasteiger partial charge in [0.25, 0.3) is 0 Å². The lowest BCUT2D eigenvalue weighted by molar-refractivity contribution is -0.185. The molecule has 0 aromatic heterocycles. The molecule has 0 saturated carbocycles. The molecule has 0 spiro atoms. The van der Waals surface area contributed by atoms with Crippen LogP contribution in [0.1, 0.15) is 24.0 Å². The summed E-state index contributed by atoms with van der Waals surface area (Å²) in [5, 5.41) is 0.